The number of ether oxygens (including phenoxy) is 1. The van der Waals surface area contributed by atoms with Crippen molar-refractivity contribution in [3.05, 3.63) is 60.8 Å². The summed E-state index contributed by atoms with van der Waals surface area (Å²) < 4.78 is 5.79. The number of fused-ring (bicyclic) bond motifs is 3. The van der Waals surface area contributed by atoms with Gasteiger partial charge in [0.15, 0.2) is 0 Å². The topological polar surface area (TPSA) is 63.9 Å². The number of rotatable bonds is 5. The minimum Gasteiger partial charge on any atom is -0.494 e. The van der Waals surface area contributed by atoms with E-state index in [9.17, 15) is 0 Å². The maximum Gasteiger partial charge on any atom is 0.138 e. The van der Waals surface area contributed by atoms with Crippen LogP contribution in [0.15, 0.2) is 60.8 Å². The summed E-state index contributed by atoms with van der Waals surface area (Å²) >= 11 is 0. The Hall–Kier alpha value is -2.85. The molecule has 3 N–H and O–H groups in total. The van der Waals surface area contributed by atoms with Crippen LogP contribution < -0.4 is 10.5 Å². The molecule has 4 heteroatoms. The molecule has 0 bridgehead atoms. The molecule has 0 amide bonds. The molecule has 0 saturated heterocycles. The summed E-state index contributed by atoms with van der Waals surface area (Å²) in [5.41, 5.74) is 9.81. The highest BCUT2D eigenvalue weighted by Crippen LogP contribution is 2.34. The molecule has 0 aliphatic carbocycles. The molecule has 2 aromatic carbocycles. The van der Waals surface area contributed by atoms with Gasteiger partial charge in [-0.05, 0) is 48.4 Å². The molecular weight excluding hydrogens is 298 g/mol. The van der Waals surface area contributed by atoms with E-state index in [1.807, 2.05) is 24.4 Å². The normalized spacial score (nSPS) is 11.2. The molecule has 0 aliphatic heterocycles. The van der Waals surface area contributed by atoms with Crippen molar-refractivity contribution in [2.24, 2.45) is 5.73 Å². The Morgan fingerprint density at radius 3 is 2.88 bits per heavy atom. The molecule has 0 aliphatic rings. The molecule has 4 aromatic rings. The second kappa shape index (κ2) is 6.34. The highest BCUT2D eigenvalue weighted by atomic mass is 16.5. The number of nitrogens with two attached hydrogens (primary N) is 1. The van der Waals surface area contributed by atoms with Crippen LogP contribution in [0, 0.1) is 0 Å². The fraction of sp³-hybridized carbons (Fsp3) is 0.150. The molecule has 0 spiro atoms. The Bertz CT molecular complexity index is 990. The third kappa shape index (κ3) is 2.61. The average molecular weight is 317 g/mol. The van der Waals surface area contributed by atoms with Crippen LogP contribution in [-0.4, -0.2) is 23.1 Å². The number of nitrogens with one attached hydrogen (secondary N) is 1. The summed E-state index contributed by atoms with van der Waals surface area (Å²) in [6, 6.07) is 18.5. The number of nitrogens with zero attached hydrogens (tertiary/aromatic N) is 1. The Morgan fingerprint density at radius 1 is 1.04 bits per heavy atom. The first kappa shape index (κ1) is 14.7. The number of pyridine rings is 1. The standard InChI is InChI=1S/C20H19N3O/c21-10-4-12-24-15-6-3-5-14(13-15)16-9-11-22-20-19(16)17-7-1-2-8-18(17)23-20/h1-3,5-9,11,13H,4,10,12,21H2,(H,22,23). The number of H-pyrrole nitrogens is 1. The van der Waals surface area contributed by atoms with Crippen LogP contribution >= 0.6 is 0 Å². The van der Waals surface area contributed by atoms with Crippen molar-refractivity contribution in [3.8, 4) is 16.9 Å². The highest BCUT2D eigenvalue weighted by molar-refractivity contribution is 6.12. The van der Waals surface area contributed by atoms with Crippen molar-refractivity contribution in [3.63, 3.8) is 0 Å². The molecule has 120 valence electrons. The summed E-state index contributed by atoms with van der Waals surface area (Å²) in [7, 11) is 0. The van der Waals surface area contributed by atoms with E-state index in [4.69, 9.17) is 10.5 Å². The highest BCUT2D eigenvalue weighted by Gasteiger charge is 2.11. The Kier molecular flexibility index (Phi) is 3.89. The molecule has 2 heterocycles. The first-order valence-corrected chi connectivity index (χ1v) is 8.15. The lowest BCUT2D eigenvalue weighted by molar-refractivity contribution is 0.313. The molecule has 2 aromatic heterocycles. The van der Waals surface area contributed by atoms with Crippen LogP contribution in [0.5, 0.6) is 5.75 Å². The minimum atomic E-state index is 0.638. The van der Waals surface area contributed by atoms with Crippen molar-refractivity contribution in [2.75, 3.05) is 13.2 Å². The Balaban J connectivity index is 1.83. The van der Waals surface area contributed by atoms with Crippen molar-refractivity contribution in [1.29, 1.82) is 0 Å². The molecule has 4 nitrogen and oxygen atoms in total. The second-order valence-electron chi connectivity index (χ2n) is 5.77. The Labute approximate surface area is 140 Å². The fourth-order valence-corrected chi connectivity index (χ4v) is 3.03. The van der Waals surface area contributed by atoms with Gasteiger partial charge in [0.05, 0.1) is 6.61 Å². The van der Waals surface area contributed by atoms with E-state index in [1.165, 1.54) is 5.39 Å². The summed E-state index contributed by atoms with van der Waals surface area (Å²) in [6.45, 7) is 1.28. The van der Waals surface area contributed by atoms with Gasteiger partial charge in [0.2, 0.25) is 0 Å². The van der Waals surface area contributed by atoms with E-state index in [1.54, 1.807) is 0 Å². The molecule has 0 fully saturated rings. The van der Waals surface area contributed by atoms with Crippen LogP contribution in [0.25, 0.3) is 33.1 Å². The van der Waals surface area contributed by atoms with Gasteiger partial charge in [-0.15, -0.1) is 0 Å². The van der Waals surface area contributed by atoms with Crippen LogP contribution in [0.2, 0.25) is 0 Å². The number of aromatic amines is 1. The zero-order chi connectivity index (χ0) is 16.4. The molecule has 24 heavy (non-hydrogen) atoms. The molecule has 4 rings (SSSR count). The summed E-state index contributed by atoms with van der Waals surface area (Å²) in [4.78, 5) is 7.88. The van der Waals surface area contributed by atoms with Gasteiger partial charge in [-0.2, -0.15) is 0 Å². The zero-order valence-corrected chi connectivity index (χ0v) is 13.3. The van der Waals surface area contributed by atoms with Crippen LogP contribution in [0.3, 0.4) is 0 Å². The van der Waals surface area contributed by atoms with Gasteiger partial charge in [-0.25, -0.2) is 4.98 Å². The van der Waals surface area contributed by atoms with E-state index < -0.39 is 0 Å². The number of benzene rings is 2. The third-order valence-corrected chi connectivity index (χ3v) is 4.16. The maximum absolute atomic E-state index is 5.79. The largest absolute Gasteiger partial charge is 0.494 e. The summed E-state index contributed by atoms with van der Waals surface area (Å²) in [5.74, 6) is 0.866. The van der Waals surface area contributed by atoms with Gasteiger partial charge >= 0.3 is 0 Å². The van der Waals surface area contributed by atoms with E-state index >= 15 is 0 Å². The van der Waals surface area contributed by atoms with Gasteiger partial charge in [0.1, 0.15) is 11.4 Å². The van der Waals surface area contributed by atoms with Gasteiger partial charge < -0.3 is 15.5 Å². The number of hydrogen-bond donors (Lipinski definition) is 2. The van der Waals surface area contributed by atoms with Crippen molar-refractivity contribution in [2.45, 2.75) is 6.42 Å². The van der Waals surface area contributed by atoms with Gasteiger partial charge in [0.25, 0.3) is 0 Å². The number of aromatic nitrogens is 2. The smallest absolute Gasteiger partial charge is 0.138 e. The first-order valence-electron chi connectivity index (χ1n) is 8.15. The van der Waals surface area contributed by atoms with Crippen LogP contribution in [0.1, 0.15) is 6.42 Å². The van der Waals surface area contributed by atoms with Crippen LogP contribution in [0.4, 0.5) is 0 Å². The summed E-state index contributed by atoms with van der Waals surface area (Å²) in [5, 5.41) is 2.33. The predicted octanol–water partition coefficient (Wildman–Crippen LogP) is 4.11. The lowest BCUT2D eigenvalue weighted by Crippen LogP contribution is -2.06. The monoisotopic (exact) mass is 317 g/mol. The van der Waals surface area contributed by atoms with E-state index in [2.05, 4.69) is 46.4 Å². The van der Waals surface area contributed by atoms with E-state index in [-0.39, 0.29) is 0 Å². The van der Waals surface area contributed by atoms with Crippen molar-refractivity contribution < 1.29 is 4.74 Å². The second-order valence-corrected chi connectivity index (χ2v) is 5.77. The third-order valence-electron chi connectivity index (χ3n) is 4.16. The maximum atomic E-state index is 5.79. The van der Waals surface area contributed by atoms with E-state index in [0.29, 0.717) is 13.2 Å². The fourth-order valence-electron chi connectivity index (χ4n) is 3.03. The molecule has 0 atom stereocenters. The SMILES string of the molecule is NCCCOc1cccc(-c2ccnc3[nH]c4ccccc4c23)c1. The molecular formula is C20H19N3O. The van der Waals surface area contributed by atoms with Crippen molar-refractivity contribution in [1.82, 2.24) is 9.97 Å². The number of hydrogen-bond acceptors (Lipinski definition) is 3. The summed E-state index contributed by atoms with van der Waals surface area (Å²) in [6.07, 6.45) is 2.70. The molecule has 0 radical (unpaired) electrons. The lowest BCUT2D eigenvalue weighted by atomic mass is 10.0. The van der Waals surface area contributed by atoms with Gasteiger partial charge in [0, 0.05) is 22.5 Å². The van der Waals surface area contributed by atoms with Gasteiger partial charge in [-0.3, -0.25) is 0 Å². The Morgan fingerprint density at radius 2 is 1.96 bits per heavy atom. The first-order chi connectivity index (χ1) is 11.9. The average Bonchev–Trinajstić information content (AvgIpc) is 3.01. The quantitative estimate of drug-likeness (QED) is 0.544. The lowest BCUT2D eigenvalue weighted by Gasteiger charge is -2.09. The molecule has 0 unspecified atom stereocenters. The zero-order valence-electron chi connectivity index (χ0n) is 13.3. The van der Waals surface area contributed by atoms with Crippen LogP contribution in [-0.2, 0) is 0 Å². The van der Waals surface area contributed by atoms with E-state index in [0.717, 1.165) is 39.8 Å². The number of para-hydroxylation sites is 1. The predicted molar refractivity (Wildman–Crippen MR) is 98.2 cm³/mol. The minimum absolute atomic E-state index is 0.638. The molecule has 0 saturated carbocycles. The van der Waals surface area contributed by atoms with Crippen molar-refractivity contribution >= 4 is 21.9 Å². The van der Waals surface area contributed by atoms with Gasteiger partial charge in [-0.1, -0.05) is 30.3 Å².